The quantitative estimate of drug-likeness (QED) is 0.0988. The Hall–Kier alpha value is -11.3. The molecule has 0 aromatic heterocycles. The number of benzene rings is 11. The van der Waals surface area contributed by atoms with Crippen LogP contribution in [0.15, 0.2) is 267 Å². The SMILES string of the molecule is O=C1CCc2ccccc2N1.O=C1Cc2ccccc2N1.c1ccc2c(c1)CCC2.c1ccc2c(c1)CCCC2.c1ccc2c(c1)CCCN2.c1ccc2c(c1)CCCO2.c1ccc2c(c1)CCN2.c1ccc2c(c1)CCNC2.c1ccc2c(c1)CCO2.c1ccc2c(c1)OCCO2.c1ccc2c(c1)OCO2. The Kier molecular flexibility index (Phi) is 29.2. The number of hydrogen-bond donors (Lipinski definition) is 5. The van der Waals surface area contributed by atoms with E-state index in [0.717, 1.165) is 110 Å². The fourth-order valence-corrected chi connectivity index (χ4v) is 14.0. The molecule has 11 aliphatic rings. The van der Waals surface area contributed by atoms with Crippen LogP contribution < -0.4 is 55.0 Å². The van der Waals surface area contributed by atoms with E-state index in [1.165, 1.54) is 127 Å². The zero-order valence-electron chi connectivity index (χ0n) is 61.6. The Morgan fingerprint density at radius 1 is 0.224 bits per heavy atom. The second-order valence-electron chi connectivity index (χ2n) is 27.2. The molecule has 11 aromatic rings. The highest BCUT2D eigenvalue weighted by atomic mass is 16.7. The molecule has 13 heteroatoms. The maximum atomic E-state index is 10.9. The van der Waals surface area contributed by atoms with Gasteiger partial charge in [0.25, 0.3) is 0 Å². The number of amides is 2. The number of fused-ring (bicyclic) bond motifs is 11. The van der Waals surface area contributed by atoms with E-state index in [-0.39, 0.29) is 11.8 Å². The lowest BCUT2D eigenvalue weighted by atomic mass is 9.92. The van der Waals surface area contributed by atoms with Crippen molar-refractivity contribution in [1.29, 1.82) is 0 Å². The topological polar surface area (TPSA) is 150 Å². The standard InChI is InChI=1S/C10H12.C9H9NO.2C9H11N.C9H10O.C9H10.C8H7NO.C8H9N.C8H8O2.C8H8O.C7H6O2/c1-2-6-10-8-4-3-7-9(10)5-1;11-9-6-5-7-3-1-2-4-8(7)10-9;1-2-6-9-8(4-1)5-3-7-10-9;1-2-4-9-7-10-6-5-8(9)3-1;1-2-6-9-8(4-1)5-3-7-10-9;1-2-5-9-7-3-6-8(9)4-1;10-8-5-6-3-1-2-4-7(6)9-8;1-2-4-8-7(3-1)5-6-9-8;1-2-4-8-7(3-1)9-5-6-10-8;1-2-4-8-7(3-1)5-6-9-8;1-2-4-7-6(3-1)8-5-9-7/h1-2,5-6H,3-4,7-8H2;1-4H,5-6H2,(H,10,11);1-2,4,6,10H,3,5,7H2;1-4,10H,5-7H2;1-2,4,6H,3,5,7H2;1-2,4-5H,3,6-7H2;1-4H,5H2,(H,9,10);1-4,9H,5-6H2;1-4H,5-6H2;1-4H,5-6H2;1-4H,5H2. The summed E-state index contributed by atoms with van der Waals surface area (Å²) in [4.78, 5) is 21.7. The summed E-state index contributed by atoms with van der Waals surface area (Å²) in [5, 5.41) is 15.6. The normalized spacial score (nSPS) is 15.3. The molecule has 13 nitrogen and oxygen atoms in total. The van der Waals surface area contributed by atoms with Crippen LogP contribution in [-0.4, -0.2) is 64.7 Å². The fraction of sp³-hybridized carbons (Fsp3) is 0.277. The second kappa shape index (κ2) is 41.4. The van der Waals surface area contributed by atoms with Crippen molar-refractivity contribution in [2.75, 3.05) is 74.1 Å². The zero-order chi connectivity index (χ0) is 73.1. The smallest absolute Gasteiger partial charge is 0.231 e. The molecular weight excluding hydrogens is 1330 g/mol. The molecule has 0 unspecified atom stereocenters. The first-order valence-electron chi connectivity index (χ1n) is 38.3. The van der Waals surface area contributed by atoms with E-state index in [4.69, 9.17) is 28.4 Å². The van der Waals surface area contributed by atoms with E-state index in [9.17, 15) is 9.59 Å². The molecule has 9 heterocycles. The van der Waals surface area contributed by atoms with Crippen LogP contribution >= 0.6 is 0 Å². The van der Waals surface area contributed by atoms with Gasteiger partial charge in [0.05, 0.1) is 19.6 Å². The number of hydrogen-bond acceptors (Lipinski definition) is 11. The minimum absolute atomic E-state index is 0.0983. The number of carbonyl (C=O) groups is 2. The third kappa shape index (κ3) is 23.6. The summed E-state index contributed by atoms with van der Waals surface area (Å²) >= 11 is 0. The first-order valence-corrected chi connectivity index (χ1v) is 38.3. The maximum absolute atomic E-state index is 10.9. The molecule has 0 saturated heterocycles. The molecule has 2 amide bonds. The van der Waals surface area contributed by atoms with Gasteiger partial charge in [-0.25, -0.2) is 0 Å². The number of carbonyl (C=O) groups excluding carboxylic acids is 2. The number of ether oxygens (including phenoxy) is 6. The van der Waals surface area contributed by atoms with Crippen molar-refractivity contribution in [1.82, 2.24) is 5.32 Å². The predicted octanol–water partition coefficient (Wildman–Crippen LogP) is 19.0. The first kappa shape index (κ1) is 75.4. The molecule has 0 fully saturated rings. The van der Waals surface area contributed by atoms with Crippen molar-refractivity contribution in [3.63, 3.8) is 0 Å². The lowest BCUT2D eigenvalue weighted by Gasteiger charge is -2.17. The molecule has 550 valence electrons. The largest absolute Gasteiger partial charge is 0.493 e. The van der Waals surface area contributed by atoms with Gasteiger partial charge in [-0.3, -0.25) is 9.59 Å². The highest BCUT2D eigenvalue weighted by Crippen LogP contribution is 2.32. The van der Waals surface area contributed by atoms with Gasteiger partial charge in [-0.2, -0.15) is 0 Å². The van der Waals surface area contributed by atoms with Crippen molar-refractivity contribution < 1.29 is 38.0 Å². The van der Waals surface area contributed by atoms with E-state index in [0.29, 0.717) is 32.8 Å². The zero-order valence-corrected chi connectivity index (χ0v) is 61.6. The van der Waals surface area contributed by atoms with Gasteiger partial charge < -0.3 is 55.0 Å². The van der Waals surface area contributed by atoms with Crippen LogP contribution in [0, 0.1) is 0 Å². The predicted molar refractivity (Wildman–Crippen MR) is 433 cm³/mol. The Bertz CT molecular complexity index is 3850. The van der Waals surface area contributed by atoms with Gasteiger partial charge in [-0.1, -0.05) is 206 Å². The van der Waals surface area contributed by atoms with Crippen LogP contribution in [0.2, 0.25) is 0 Å². The van der Waals surface area contributed by atoms with Gasteiger partial charge in [-0.05, 0) is 224 Å². The lowest BCUT2D eigenvalue weighted by Crippen LogP contribution is -2.23. The van der Waals surface area contributed by atoms with Crippen molar-refractivity contribution in [2.45, 2.75) is 116 Å². The van der Waals surface area contributed by atoms with Crippen LogP contribution in [0.3, 0.4) is 0 Å². The van der Waals surface area contributed by atoms with E-state index in [2.05, 4.69) is 172 Å². The third-order valence-electron chi connectivity index (χ3n) is 19.7. The summed E-state index contributed by atoms with van der Waals surface area (Å²) in [6.45, 7) is 7.87. The number of para-hydroxylation sites is 10. The minimum Gasteiger partial charge on any atom is -0.493 e. The molecule has 0 saturated carbocycles. The maximum Gasteiger partial charge on any atom is 0.231 e. The number of rotatable bonds is 0. The van der Waals surface area contributed by atoms with Gasteiger partial charge in [0.15, 0.2) is 23.0 Å². The van der Waals surface area contributed by atoms with Gasteiger partial charge in [-0.15, -0.1) is 0 Å². The average Bonchev–Trinajstić information content (AvgIpc) is 1.25. The van der Waals surface area contributed by atoms with Crippen molar-refractivity contribution in [2.24, 2.45) is 0 Å². The van der Waals surface area contributed by atoms with Crippen LogP contribution in [0.5, 0.6) is 34.5 Å². The molecule has 107 heavy (non-hydrogen) atoms. The molecule has 0 bridgehead atoms. The van der Waals surface area contributed by atoms with E-state index >= 15 is 0 Å². The minimum atomic E-state index is 0.0983. The average molecular weight is 1430 g/mol. The first-order chi connectivity index (χ1) is 52.9. The highest BCUT2D eigenvalue weighted by molar-refractivity contribution is 5.99. The van der Waals surface area contributed by atoms with Gasteiger partial charge in [0.1, 0.15) is 24.7 Å². The third-order valence-corrected chi connectivity index (χ3v) is 19.7. The number of anilines is 4. The molecule has 22 rings (SSSR count). The van der Waals surface area contributed by atoms with Crippen molar-refractivity contribution in [3.8, 4) is 34.5 Å². The summed E-state index contributed by atoms with van der Waals surface area (Å²) in [6, 6.07) is 90.6. The van der Waals surface area contributed by atoms with Crippen LogP contribution in [-0.2, 0) is 86.8 Å². The van der Waals surface area contributed by atoms with E-state index in [1.54, 1.807) is 22.3 Å². The van der Waals surface area contributed by atoms with Gasteiger partial charge >= 0.3 is 0 Å². The molecule has 11 aromatic carbocycles. The molecule has 5 N–H and O–H groups in total. The Labute approximate surface area is 632 Å². The molecule has 0 radical (unpaired) electrons. The van der Waals surface area contributed by atoms with E-state index in [1.807, 2.05) is 121 Å². The summed E-state index contributed by atoms with van der Waals surface area (Å²) in [6.07, 6.45) is 19.7. The summed E-state index contributed by atoms with van der Waals surface area (Å²) in [5.41, 5.74) is 21.8. The van der Waals surface area contributed by atoms with Crippen molar-refractivity contribution >= 4 is 34.6 Å². The fourth-order valence-electron chi connectivity index (χ4n) is 14.0. The Morgan fingerprint density at radius 3 is 1.09 bits per heavy atom. The van der Waals surface area contributed by atoms with Gasteiger partial charge in [0.2, 0.25) is 18.6 Å². The highest BCUT2D eigenvalue weighted by Gasteiger charge is 2.18. The van der Waals surface area contributed by atoms with E-state index < -0.39 is 0 Å². The molecule has 0 spiro atoms. The summed E-state index contributed by atoms with van der Waals surface area (Å²) in [5.74, 6) is 5.77. The van der Waals surface area contributed by atoms with Gasteiger partial charge in [0, 0.05) is 55.2 Å². The molecular formula is C94H101N5O8. The van der Waals surface area contributed by atoms with Crippen LogP contribution in [0.25, 0.3) is 0 Å². The molecule has 9 aliphatic heterocycles. The second-order valence-corrected chi connectivity index (χ2v) is 27.2. The molecule has 2 aliphatic carbocycles. The lowest BCUT2D eigenvalue weighted by molar-refractivity contribution is -0.116. The summed E-state index contributed by atoms with van der Waals surface area (Å²) < 4.78 is 31.5. The molecule has 0 atom stereocenters. The van der Waals surface area contributed by atoms with Crippen LogP contribution in [0.4, 0.5) is 22.7 Å². The van der Waals surface area contributed by atoms with Crippen molar-refractivity contribution in [3.05, 3.63) is 334 Å². The Morgan fingerprint density at radius 2 is 0.579 bits per heavy atom. The number of nitrogens with one attached hydrogen (secondary N) is 5. The van der Waals surface area contributed by atoms with Crippen LogP contribution in [0.1, 0.15) is 105 Å². The number of aryl methyl sites for hydroxylation is 7. The Balaban J connectivity index is 0.000000110. The monoisotopic (exact) mass is 1430 g/mol. The summed E-state index contributed by atoms with van der Waals surface area (Å²) in [7, 11) is 0.